The highest BCUT2D eigenvalue weighted by Crippen LogP contribution is 2.15. The zero-order chi connectivity index (χ0) is 11.9. The van der Waals surface area contributed by atoms with Crippen molar-refractivity contribution in [2.45, 2.75) is 6.18 Å². The molecule has 1 N–H and O–H groups in total. The molecule has 0 heterocycles. The second-order valence-electron chi connectivity index (χ2n) is 2.22. The molecule has 0 saturated heterocycles. The third kappa shape index (κ3) is 6.30. The van der Waals surface area contributed by atoms with Crippen LogP contribution in [0.5, 0.6) is 0 Å². The summed E-state index contributed by atoms with van der Waals surface area (Å²) in [5, 5.41) is 2.17. The standard InChI is InChI=1S/C8H8F3NO3/c1-15-7(14)3-5-12-4-2-6(13)8(9,10)11/h2-5,12H,1H3. The van der Waals surface area contributed by atoms with Crippen LogP contribution in [-0.4, -0.2) is 25.0 Å². The Labute approximate surface area is 83.4 Å². The zero-order valence-corrected chi connectivity index (χ0v) is 7.67. The maximum absolute atomic E-state index is 11.6. The van der Waals surface area contributed by atoms with Gasteiger partial charge in [-0.3, -0.25) is 4.79 Å². The van der Waals surface area contributed by atoms with Crippen molar-refractivity contribution in [3.63, 3.8) is 0 Å². The number of methoxy groups -OCH3 is 1. The lowest BCUT2D eigenvalue weighted by atomic mass is 10.4. The van der Waals surface area contributed by atoms with Crippen molar-refractivity contribution in [2.24, 2.45) is 0 Å². The average Bonchev–Trinajstić information content (AvgIpc) is 2.15. The molecule has 4 nitrogen and oxygen atoms in total. The second-order valence-corrected chi connectivity index (χ2v) is 2.22. The fourth-order valence-electron chi connectivity index (χ4n) is 0.458. The molecule has 0 aliphatic rings. The smallest absolute Gasteiger partial charge is 0.454 e. The van der Waals surface area contributed by atoms with Gasteiger partial charge in [-0.25, -0.2) is 4.79 Å². The molecule has 84 valence electrons. The van der Waals surface area contributed by atoms with E-state index in [0.717, 1.165) is 25.6 Å². The van der Waals surface area contributed by atoms with E-state index < -0.39 is 17.9 Å². The van der Waals surface area contributed by atoms with Crippen molar-refractivity contribution < 1.29 is 27.5 Å². The molecule has 0 bridgehead atoms. The van der Waals surface area contributed by atoms with Gasteiger partial charge in [-0.05, 0) is 0 Å². The van der Waals surface area contributed by atoms with Crippen LogP contribution in [0.15, 0.2) is 24.6 Å². The minimum absolute atomic E-state index is 0.307. The van der Waals surface area contributed by atoms with Crippen LogP contribution in [0.4, 0.5) is 13.2 Å². The first-order valence-electron chi connectivity index (χ1n) is 3.66. The minimum atomic E-state index is -4.88. The molecule has 0 aromatic carbocycles. The first-order valence-corrected chi connectivity index (χ1v) is 3.66. The molecule has 0 saturated carbocycles. The number of carbonyl (C=O) groups excluding carboxylic acids is 2. The van der Waals surface area contributed by atoms with Crippen molar-refractivity contribution in [3.05, 3.63) is 24.6 Å². The van der Waals surface area contributed by atoms with Crippen molar-refractivity contribution in [1.29, 1.82) is 0 Å². The lowest BCUT2D eigenvalue weighted by molar-refractivity contribution is -0.165. The Bertz CT molecular complexity index is 294. The molecule has 0 radical (unpaired) electrons. The fourth-order valence-corrected chi connectivity index (χ4v) is 0.458. The summed E-state index contributed by atoms with van der Waals surface area (Å²) >= 11 is 0. The monoisotopic (exact) mass is 223 g/mol. The van der Waals surface area contributed by atoms with E-state index in [2.05, 4.69) is 10.1 Å². The van der Waals surface area contributed by atoms with Crippen molar-refractivity contribution >= 4 is 11.8 Å². The third-order valence-corrected chi connectivity index (χ3v) is 1.13. The number of hydrogen-bond donors (Lipinski definition) is 1. The number of halogens is 3. The normalized spacial score (nSPS) is 12.0. The first-order chi connectivity index (χ1) is 6.88. The van der Waals surface area contributed by atoms with Crippen LogP contribution in [0.3, 0.4) is 0 Å². The van der Waals surface area contributed by atoms with Gasteiger partial charge in [0.15, 0.2) is 0 Å². The SMILES string of the molecule is COC(=O)C=CNC=CC(=O)C(F)(F)F. The van der Waals surface area contributed by atoms with Gasteiger partial charge in [0.05, 0.1) is 7.11 Å². The van der Waals surface area contributed by atoms with E-state index in [9.17, 15) is 22.8 Å². The maximum Gasteiger partial charge on any atom is 0.454 e. The van der Waals surface area contributed by atoms with E-state index >= 15 is 0 Å². The number of rotatable bonds is 4. The Hall–Kier alpha value is -1.79. The van der Waals surface area contributed by atoms with E-state index in [1.165, 1.54) is 0 Å². The first kappa shape index (κ1) is 13.2. The summed E-state index contributed by atoms with van der Waals surface area (Å²) < 4.78 is 39.1. The van der Waals surface area contributed by atoms with Gasteiger partial charge < -0.3 is 10.1 Å². The Kier molecular flexibility index (Phi) is 5.14. The van der Waals surface area contributed by atoms with Gasteiger partial charge in [0.2, 0.25) is 0 Å². The van der Waals surface area contributed by atoms with Gasteiger partial charge in [-0.15, -0.1) is 0 Å². The predicted molar refractivity (Wildman–Crippen MR) is 44.5 cm³/mol. The summed E-state index contributed by atoms with van der Waals surface area (Å²) in [7, 11) is 1.15. The number of ether oxygens (including phenoxy) is 1. The summed E-state index contributed by atoms with van der Waals surface area (Å²) in [6.45, 7) is 0. The summed E-state index contributed by atoms with van der Waals surface area (Å²) in [5.74, 6) is -2.65. The van der Waals surface area contributed by atoms with Gasteiger partial charge in [-0.1, -0.05) is 0 Å². The number of ketones is 1. The molecule has 0 fully saturated rings. The summed E-state index contributed by atoms with van der Waals surface area (Å²) in [6.07, 6.45) is -1.84. The van der Waals surface area contributed by atoms with E-state index in [0.29, 0.717) is 6.08 Å². The van der Waals surface area contributed by atoms with Crippen molar-refractivity contribution in [2.75, 3.05) is 7.11 Å². The predicted octanol–water partition coefficient (Wildman–Crippen LogP) is 0.908. The largest absolute Gasteiger partial charge is 0.466 e. The van der Waals surface area contributed by atoms with Gasteiger partial charge in [-0.2, -0.15) is 13.2 Å². The summed E-state index contributed by atoms with van der Waals surface area (Å²) in [5.41, 5.74) is 0. The van der Waals surface area contributed by atoms with Gasteiger partial charge in [0.1, 0.15) is 0 Å². The molecule has 0 aromatic rings. The van der Waals surface area contributed by atoms with Crippen molar-refractivity contribution in [3.8, 4) is 0 Å². The number of nitrogens with one attached hydrogen (secondary N) is 1. The Morgan fingerprint density at radius 1 is 1.20 bits per heavy atom. The number of carbonyl (C=O) groups is 2. The molecule has 0 rings (SSSR count). The molecule has 0 spiro atoms. The van der Waals surface area contributed by atoms with Crippen LogP contribution in [0, 0.1) is 0 Å². The molecule has 0 aliphatic carbocycles. The molecule has 0 unspecified atom stereocenters. The van der Waals surface area contributed by atoms with Crippen LogP contribution in [0.2, 0.25) is 0 Å². The minimum Gasteiger partial charge on any atom is -0.466 e. The molecule has 0 amide bonds. The van der Waals surface area contributed by atoms with E-state index in [4.69, 9.17) is 0 Å². The van der Waals surface area contributed by atoms with E-state index in [-0.39, 0.29) is 0 Å². The third-order valence-electron chi connectivity index (χ3n) is 1.13. The number of esters is 1. The fraction of sp³-hybridized carbons (Fsp3) is 0.250. The van der Waals surface area contributed by atoms with Crippen LogP contribution >= 0.6 is 0 Å². The Morgan fingerprint density at radius 2 is 1.73 bits per heavy atom. The van der Waals surface area contributed by atoms with Gasteiger partial charge in [0.25, 0.3) is 5.78 Å². The van der Waals surface area contributed by atoms with Gasteiger partial charge in [0, 0.05) is 24.6 Å². The highest BCUT2D eigenvalue weighted by atomic mass is 19.4. The quantitative estimate of drug-likeness (QED) is 0.568. The highest BCUT2D eigenvalue weighted by molar-refractivity contribution is 5.94. The Morgan fingerprint density at radius 3 is 2.20 bits per heavy atom. The topological polar surface area (TPSA) is 55.4 Å². The van der Waals surface area contributed by atoms with E-state index in [1.807, 2.05) is 0 Å². The zero-order valence-electron chi connectivity index (χ0n) is 7.67. The molecule has 0 aliphatic heterocycles. The van der Waals surface area contributed by atoms with E-state index in [1.54, 1.807) is 0 Å². The molecule has 15 heavy (non-hydrogen) atoms. The molecular weight excluding hydrogens is 215 g/mol. The molecule has 0 atom stereocenters. The van der Waals surface area contributed by atoms with Crippen molar-refractivity contribution in [1.82, 2.24) is 5.32 Å². The molecule has 0 aromatic heterocycles. The Balaban J connectivity index is 3.97. The lowest BCUT2D eigenvalue weighted by Crippen LogP contribution is -2.20. The highest BCUT2D eigenvalue weighted by Gasteiger charge is 2.35. The second kappa shape index (κ2) is 5.84. The maximum atomic E-state index is 11.6. The lowest BCUT2D eigenvalue weighted by Gasteiger charge is -1.98. The summed E-state index contributed by atoms with van der Waals surface area (Å²) in [4.78, 5) is 20.7. The number of hydrogen-bond acceptors (Lipinski definition) is 4. The number of alkyl halides is 3. The van der Waals surface area contributed by atoms with Crippen LogP contribution < -0.4 is 5.32 Å². The van der Waals surface area contributed by atoms with Crippen LogP contribution in [0.25, 0.3) is 0 Å². The molecular formula is C8H8F3NO3. The van der Waals surface area contributed by atoms with Gasteiger partial charge >= 0.3 is 12.1 Å². The van der Waals surface area contributed by atoms with Crippen LogP contribution in [-0.2, 0) is 14.3 Å². The number of allylic oxidation sites excluding steroid dienone is 1. The van der Waals surface area contributed by atoms with Crippen LogP contribution in [0.1, 0.15) is 0 Å². The molecule has 7 heteroatoms. The average molecular weight is 223 g/mol. The summed E-state index contributed by atoms with van der Waals surface area (Å²) in [6, 6.07) is 0.